The molecule has 0 spiro atoms. The molecule has 1 aliphatic heterocycles. The molecule has 1 aromatic rings. The van der Waals surface area contributed by atoms with Crippen molar-refractivity contribution < 1.29 is 23.1 Å². The molecule has 2 N–H and O–H groups in total. The Kier molecular flexibility index (Phi) is 4.74. The van der Waals surface area contributed by atoms with Crippen LogP contribution in [0.5, 0.6) is 0 Å². The molecule has 110 valence electrons. The highest BCUT2D eigenvalue weighted by atomic mass is 32.2. The van der Waals surface area contributed by atoms with Crippen LogP contribution in [0.3, 0.4) is 0 Å². The maximum absolute atomic E-state index is 11.8. The molecule has 0 aliphatic carbocycles. The third-order valence-electron chi connectivity index (χ3n) is 3.06. The minimum Gasteiger partial charge on any atom is -0.462 e. The summed E-state index contributed by atoms with van der Waals surface area (Å²) in [6.07, 6.45) is -0.0391. The van der Waals surface area contributed by atoms with E-state index >= 15 is 0 Å². The molecule has 2 atom stereocenters. The number of aliphatic hydroxyl groups excluding tert-OH is 1. The smallest absolute Gasteiger partial charge is 0.327 e. The fourth-order valence-corrected chi connectivity index (χ4v) is 3.28. The quantitative estimate of drug-likeness (QED) is 0.711. The number of hydrogen-bond donors (Lipinski definition) is 2. The summed E-state index contributed by atoms with van der Waals surface area (Å²) in [5.41, 5.74) is 1.06. The van der Waals surface area contributed by atoms with E-state index in [-0.39, 0.29) is 12.4 Å². The minimum absolute atomic E-state index is 0.0988. The summed E-state index contributed by atoms with van der Waals surface area (Å²) in [7, 11) is -3.61. The number of hydrogen-bond acceptors (Lipinski definition) is 5. The maximum atomic E-state index is 11.8. The number of sulfonamides is 1. The van der Waals surface area contributed by atoms with Gasteiger partial charge in [0.05, 0.1) is 5.75 Å². The van der Waals surface area contributed by atoms with Crippen molar-refractivity contribution in [2.24, 2.45) is 0 Å². The van der Waals surface area contributed by atoms with E-state index < -0.39 is 28.1 Å². The van der Waals surface area contributed by atoms with Crippen molar-refractivity contribution in [3.05, 3.63) is 35.9 Å². The Morgan fingerprint density at radius 2 is 2.00 bits per heavy atom. The zero-order valence-electron chi connectivity index (χ0n) is 10.9. The van der Waals surface area contributed by atoms with Crippen LogP contribution in [0.4, 0.5) is 0 Å². The first-order valence-corrected chi connectivity index (χ1v) is 8.02. The number of carbonyl (C=O) groups excluding carboxylic acids is 1. The van der Waals surface area contributed by atoms with Crippen molar-refractivity contribution in [1.82, 2.24) is 4.72 Å². The summed E-state index contributed by atoms with van der Waals surface area (Å²) in [6, 6.07) is 8.36. The first-order chi connectivity index (χ1) is 9.48. The van der Waals surface area contributed by atoms with Crippen molar-refractivity contribution in [3.8, 4) is 0 Å². The van der Waals surface area contributed by atoms with Gasteiger partial charge in [-0.05, 0) is 18.4 Å². The van der Waals surface area contributed by atoms with Gasteiger partial charge in [-0.1, -0.05) is 30.3 Å². The molecule has 1 aliphatic rings. The van der Waals surface area contributed by atoms with E-state index in [1.54, 1.807) is 0 Å². The van der Waals surface area contributed by atoms with Gasteiger partial charge in [0.25, 0.3) is 0 Å². The van der Waals surface area contributed by atoms with Gasteiger partial charge in [-0.25, -0.2) is 8.42 Å². The van der Waals surface area contributed by atoms with Gasteiger partial charge in [0.2, 0.25) is 10.0 Å². The summed E-state index contributed by atoms with van der Waals surface area (Å²) in [5.74, 6) is -0.831. The van der Waals surface area contributed by atoms with E-state index in [2.05, 4.69) is 9.46 Å². The molecule has 2 rings (SSSR count). The van der Waals surface area contributed by atoms with Gasteiger partial charge in [0, 0.05) is 0 Å². The van der Waals surface area contributed by atoms with Crippen molar-refractivity contribution in [2.45, 2.75) is 25.0 Å². The van der Waals surface area contributed by atoms with Crippen LogP contribution in [-0.2, 0) is 26.0 Å². The Labute approximate surface area is 117 Å². The number of nitrogens with one attached hydrogen (secondary N) is 1. The molecule has 1 saturated heterocycles. The van der Waals surface area contributed by atoms with Crippen LogP contribution in [0.25, 0.3) is 0 Å². The fraction of sp³-hybridized carbons (Fsp3) is 0.462. The lowest BCUT2D eigenvalue weighted by Crippen LogP contribution is -2.45. The molecular weight excluding hydrogens is 282 g/mol. The van der Waals surface area contributed by atoms with Gasteiger partial charge in [0.15, 0.2) is 0 Å². The Balaban J connectivity index is 1.84. The SMILES string of the molecule is O=C1OCC(O)C1NS(=O)(=O)CCCc1ccccc1. The maximum Gasteiger partial charge on any atom is 0.327 e. The molecular formula is C13H17NO5S. The molecule has 1 fully saturated rings. The zero-order valence-corrected chi connectivity index (χ0v) is 11.7. The number of esters is 1. The summed E-state index contributed by atoms with van der Waals surface area (Å²) in [5, 5.41) is 9.45. The third-order valence-corrected chi connectivity index (χ3v) is 4.50. The van der Waals surface area contributed by atoms with E-state index in [4.69, 9.17) is 0 Å². The van der Waals surface area contributed by atoms with Gasteiger partial charge < -0.3 is 9.84 Å². The second-order valence-electron chi connectivity index (χ2n) is 4.70. The average molecular weight is 299 g/mol. The van der Waals surface area contributed by atoms with E-state index in [0.29, 0.717) is 12.8 Å². The van der Waals surface area contributed by atoms with E-state index in [0.717, 1.165) is 5.56 Å². The van der Waals surface area contributed by atoms with E-state index in [1.165, 1.54) is 0 Å². The van der Waals surface area contributed by atoms with E-state index in [1.807, 2.05) is 30.3 Å². The van der Waals surface area contributed by atoms with Crippen molar-refractivity contribution in [3.63, 3.8) is 0 Å². The Hall–Kier alpha value is -1.44. The highest BCUT2D eigenvalue weighted by molar-refractivity contribution is 7.89. The molecule has 1 aromatic carbocycles. The second-order valence-corrected chi connectivity index (χ2v) is 6.57. The van der Waals surface area contributed by atoms with Gasteiger partial charge >= 0.3 is 5.97 Å². The zero-order chi connectivity index (χ0) is 14.6. The highest BCUT2D eigenvalue weighted by Gasteiger charge is 2.38. The van der Waals surface area contributed by atoms with Gasteiger partial charge in [-0.3, -0.25) is 4.79 Å². The van der Waals surface area contributed by atoms with Crippen LogP contribution in [0.15, 0.2) is 30.3 Å². The minimum atomic E-state index is -3.61. The summed E-state index contributed by atoms with van der Waals surface area (Å²) < 4.78 is 30.4. The number of rotatable bonds is 6. The van der Waals surface area contributed by atoms with Crippen molar-refractivity contribution >= 4 is 16.0 Å². The number of ether oxygens (including phenoxy) is 1. The number of aliphatic hydroxyl groups is 1. The Morgan fingerprint density at radius 1 is 1.30 bits per heavy atom. The molecule has 0 saturated carbocycles. The molecule has 1 heterocycles. The molecule has 0 bridgehead atoms. The predicted molar refractivity (Wildman–Crippen MR) is 72.4 cm³/mol. The molecule has 0 amide bonds. The van der Waals surface area contributed by atoms with Crippen molar-refractivity contribution in [1.29, 1.82) is 0 Å². The predicted octanol–water partition coefficient (Wildman–Crippen LogP) is -0.175. The third kappa shape index (κ3) is 4.03. The van der Waals surface area contributed by atoms with Crippen LogP contribution in [-0.4, -0.2) is 44.0 Å². The van der Waals surface area contributed by atoms with Crippen molar-refractivity contribution in [2.75, 3.05) is 12.4 Å². The normalized spacial score (nSPS) is 22.8. The number of cyclic esters (lactones) is 1. The number of aryl methyl sites for hydroxylation is 1. The number of carbonyl (C=O) groups is 1. The lowest BCUT2D eigenvalue weighted by molar-refractivity contribution is -0.139. The lowest BCUT2D eigenvalue weighted by atomic mass is 10.1. The van der Waals surface area contributed by atoms with Gasteiger partial charge in [-0.15, -0.1) is 0 Å². The van der Waals surface area contributed by atoms with Gasteiger partial charge in [-0.2, -0.15) is 4.72 Å². The Bertz CT molecular complexity index is 557. The second kappa shape index (κ2) is 6.34. The van der Waals surface area contributed by atoms with Crippen LogP contribution < -0.4 is 4.72 Å². The molecule has 0 aromatic heterocycles. The fourth-order valence-electron chi connectivity index (χ4n) is 2.00. The molecule has 20 heavy (non-hydrogen) atoms. The first kappa shape index (κ1) is 15.0. The Morgan fingerprint density at radius 3 is 2.60 bits per heavy atom. The van der Waals surface area contributed by atoms with Crippen LogP contribution in [0.1, 0.15) is 12.0 Å². The lowest BCUT2D eigenvalue weighted by Gasteiger charge is -2.12. The summed E-state index contributed by atoms with van der Waals surface area (Å²) in [4.78, 5) is 11.2. The highest BCUT2D eigenvalue weighted by Crippen LogP contribution is 2.10. The topological polar surface area (TPSA) is 92.7 Å². The van der Waals surface area contributed by atoms with Crippen LogP contribution in [0, 0.1) is 0 Å². The summed E-state index contributed by atoms with van der Waals surface area (Å²) in [6.45, 7) is -0.171. The largest absolute Gasteiger partial charge is 0.462 e. The number of benzene rings is 1. The molecule has 7 heteroatoms. The van der Waals surface area contributed by atoms with Gasteiger partial charge in [0.1, 0.15) is 18.8 Å². The first-order valence-electron chi connectivity index (χ1n) is 6.36. The average Bonchev–Trinajstić information content (AvgIpc) is 2.71. The van der Waals surface area contributed by atoms with Crippen LogP contribution in [0.2, 0.25) is 0 Å². The molecule has 6 nitrogen and oxygen atoms in total. The van der Waals surface area contributed by atoms with Crippen LogP contribution >= 0.6 is 0 Å². The van der Waals surface area contributed by atoms with E-state index in [9.17, 15) is 18.3 Å². The standard InChI is InChI=1S/C13H17NO5S/c15-11-9-19-13(16)12(11)14-20(17,18)8-4-7-10-5-2-1-3-6-10/h1-3,5-6,11-12,14-15H,4,7-9H2. The molecule has 0 radical (unpaired) electrons. The molecule has 2 unspecified atom stereocenters. The monoisotopic (exact) mass is 299 g/mol. The summed E-state index contributed by atoms with van der Waals surface area (Å²) >= 11 is 0.